The molecule has 1 aliphatic heterocycles. The van der Waals surface area contributed by atoms with Crippen LogP contribution in [0.5, 0.6) is 0 Å². The molecule has 0 unspecified atom stereocenters. The third kappa shape index (κ3) is 4.74. The van der Waals surface area contributed by atoms with E-state index in [4.69, 9.17) is 11.6 Å². The number of hydrogen-bond acceptors (Lipinski definition) is 3. The summed E-state index contributed by atoms with van der Waals surface area (Å²) in [5.41, 5.74) is -0.790. The Kier molecular flexibility index (Phi) is 6.90. The molecule has 2 heterocycles. The van der Waals surface area contributed by atoms with Gasteiger partial charge in [-0.25, -0.2) is 4.39 Å². The molecule has 1 fully saturated rings. The first-order valence-electron chi connectivity index (χ1n) is 8.22. The summed E-state index contributed by atoms with van der Waals surface area (Å²) >= 11 is 5.94. The average molecular weight is 438 g/mol. The Morgan fingerprint density at radius 2 is 2.00 bits per heavy atom. The number of pyridine rings is 1. The van der Waals surface area contributed by atoms with Crippen molar-refractivity contribution in [1.29, 1.82) is 0 Å². The molecule has 1 saturated heterocycles. The number of aromatic nitrogens is 1. The number of nitrogens with zero attached hydrogens (tertiary/aromatic N) is 2. The van der Waals surface area contributed by atoms with Gasteiger partial charge in [-0.15, -0.1) is 12.4 Å². The Bertz CT molecular complexity index is 876. The first-order chi connectivity index (χ1) is 12.7. The zero-order chi connectivity index (χ0) is 19.8. The molecule has 152 valence electrons. The molecule has 0 radical (unpaired) electrons. The third-order valence-corrected chi connectivity index (χ3v) is 4.64. The Hall–Kier alpha value is -1.90. The van der Waals surface area contributed by atoms with E-state index in [0.717, 1.165) is 18.2 Å². The van der Waals surface area contributed by atoms with Crippen molar-refractivity contribution in [3.63, 3.8) is 0 Å². The molecule has 0 aliphatic carbocycles. The third-order valence-electron chi connectivity index (χ3n) is 4.35. The molecule has 28 heavy (non-hydrogen) atoms. The van der Waals surface area contributed by atoms with Gasteiger partial charge in [-0.2, -0.15) is 13.2 Å². The number of rotatable bonds is 2. The van der Waals surface area contributed by atoms with Crippen LogP contribution in [0.3, 0.4) is 0 Å². The monoisotopic (exact) mass is 437 g/mol. The lowest BCUT2D eigenvalue weighted by Crippen LogP contribution is -2.52. The second-order valence-corrected chi connectivity index (χ2v) is 6.74. The molecule has 0 saturated carbocycles. The van der Waals surface area contributed by atoms with Gasteiger partial charge in [0.05, 0.1) is 16.3 Å². The van der Waals surface area contributed by atoms with Gasteiger partial charge in [-0.3, -0.25) is 9.78 Å². The first-order valence-corrected chi connectivity index (χ1v) is 8.60. The maximum Gasteiger partial charge on any atom is 0.417 e. The highest BCUT2D eigenvalue weighted by atomic mass is 35.5. The van der Waals surface area contributed by atoms with Gasteiger partial charge < -0.3 is 10.2 Å². The van der Waals surface area contributed by atoms with Crippen LogP contribution in [0.25, 0.3) is 11.3 Å². The first kappa shape index (κ1) is 22.4. The summed E-state index contributed by atoms with van der Waals surface area (Å²) in [6.07, 6.45) is -3.96. The number of benzene rings is 1. The summed E-state index contributed by atoms with van der Waals surface area (Å²) in [5, 5.41) is 2.88. The molecular weight excluding hydrogens is 421 g/mol. The maximum absolute atomic E-state index is 14.1. The standard InChI is InChI=1S/C18H16ClF4N3O.ClH/c1-10-8-24-2-3-26(10)17(27)12-4-11(5-14(20)6-12)16-15(19)7-13(9-25-16)18(21,22)23;/h4-7,9-10,24H,2-3,8H2,1H3;1H/t10-;/m1./s1. The topological polar surface area (TPSA) is 45.2 Å². The summed E-state index contributed by atoms with van der Waals surface area (Å²) in [7, 11) is 0. The Morgan fingerprint density at radius 1 is 1.29 bits per heavy atom. The van der Waals surface area contributed by atoms with Gasteiger partial charge in [0.2, 0.25) is 0 Å². The number of hydrogen-bond donors (Lipinski definition) is 1. The fourth-order valence-corrected chi connectivity index (χ4v) is 3.24. The summed E-state index contributed by atoms with van der Waals surface area (Å²) in [5.74, 6) is -1.05. The van der Waals surface area contributed by atoms with Crippen LogP contribution < -0.4 is 5.32 Å². The molecule has 3 rings (SSSR count). The van der Waals surface area contributed by atoms with Crippen molar-refractivity contribution in [2.45, 2.75) is 19.1 Å². The lowest BCUT2D eigenvalue weighted by atomic mass is 10.0. The molecule has 1 N–H and O–H groups in total. The molecule has 0 spiro atoms. The minimum atomic E-state index is -4.59. The number of carbonyl (C=O) groups excluding carboxylic acids is 1. The van der Waals surface area contributed by atoms with E-state index in [-0.39, 0.29) is 46.2 Å². The van der Waals surface area contributed by atoms with Gasteiger partial charge >= 0.3 is 6.18 Å². The minimum absolute atomic E-state index is 0. The van der Waals surface area contributed by atoms with Crippen LogP contribution in [0, 0.1) is 5.82 Å². The Morgan fingerprint density at radius 3 is 2.61 bits per heavy atom. The smallest absolute Gasteiger partial charge is 0.333 e. The van der Waals surface area contributed by atoms with Gasteiger partial charge in [-0.1, -0.05) is 11.6 Å². The van der Waals surface area contributed by atoms with Crippen LogP contribution in [0.1, 0.15) is 22.8 Å². The van der Waals surface area contributed by atoms with Crippen LogP contribution in [0.4, 0.5) is 17.6 Å². The quantitative estimate of drug-likeness (QED) is 0.707. The summed E-state index contributed by atoms with van der Waals surface area (Å²) in [4.78, 5) is 18.1. The minimum Gasteiger partial charge on any atom is -0.333 e. The van der Waals surface area contributed by atoms with Crippen molar-refractivity contribution < 1.29 is 22.4 Å². The van der Waals surface area contributed by atoms with E-state index in [2.05, 4.69) is 10.3 Å². The average Bonchev–Trinajstić information content (AvgIpc) is 2.60. The van der Waals surface area contributed by atoms with Gasteiger partial charge in [-0.05, 0) is 31.2 Å². The molecule has 1 aromatic heterocycles. The highest BCUT2D eigenvalue weighted by Crippen LogP contribution is 2.34. The highest BCUT2D eigenvalue weighted by Gasteiger charge is 2.32. The molecule has 1 amide bonds. The molecule has 4 nitrogen and oxygen atoms in total. The molecule has 0 bridgehead atoms. The van der Waals surface area contributed by atoms with Gasteiger partial charge in [0.1, 0.15) is 5.82 Å². The van der Waals surface area contributed by atoms with E-state index in [0.29, 0.717) is 25.8 Å². The van der Waals surface area contributed by atoms with Gasteiger partial charge in [0.25, 0.3) is 5.91 Å². The highest BCUT2D eigenvalue weighted by molar-refractivity contribution is 6.33. The van der Waals surface area contributed by atoms with E-state index in [1.807, 2.05) is 6.92 Å². The summed E-state index contributed by atoms with van der Waals surface area (Å²) in [6.45, 7) is 3.61. The second kappa shape index (κ2) is 8.63. The van der Waals surface area contributed by atoms with E-state index < -0.39 is 17.6 Å². The number of halogens is 6. The Labute approximate surface area is 170 Å². The van der Waals surface area contributed by atoms with E-state index in [9.17, 15) is 22.4 Å². The maximum atomic E-state index is 14.1. The zero-order valence-electron chi connectivity index (χ0n) is 14.7. The van der Waals surface area contributed by atoms with Crippen LogP contribution >= 0.6 is 24.0 Å². The number of carbonyl (C=O) groups is 1. The van der Waals surface area contributed by atoms with Crippen LogP contribution in [-0.2, 0) is 6.18 Å². The number of nitrogens with one attached hydrogen (secondary N) is 1. The lowest BCUT2D eigenvalue weighted by molar-refractivity contribution is -0.137. The van der Waals surface area contributed by atoms with Crippen molar-refractivity contribution in [1.82, 2.24) is 15.2 Å². The Balaban J connectivity index is 0.00000280. The van der Waals surface area contributed by atoms with Crippen molar-refractivity contribution >= 4 is 29.9 Å². The molecule has 2 aromatic rings. The second-order valence-electron chi connectivity index (χ2n) is 6.33. The molecule has 1 aliphatic rings. The fourth-order valence-electron chi connectivity index (χ4n) is 2.96. The van der Waals surface area contributed by atoms with Crippen molar-refractivity contribution in [2.75, 3.05) is 19.6 Å². The predicted molar refractivity (Wildman–Crippen MR) is 100 cm³/mol. The SMILES string of the molecule is C[C@@H]1CNCCN1C(=O)c1cc(F)cc(-c2ncc(C(F)(F)F)cc2Cl)c1.Cl. The van der Waals surface area contributed by atoms with Crippen LogP contribution in [-0.4, -0.2) is 41.5 Å². The zero-order valence-corrected chi connectivity index (χ0v) is 16.3. The van der Waals surface area contributed by atoms with Crippen molar-refractivity contribution in [2.24, 2.45) is 0 Å². The number of piperazine rings is 1. The van der Waals surface area contributed by atoms with Crippen LogP contribution in [0.2, 0.25) is 5.02 Å². The summed E-state index contributed by atoms with van der Waals surface area (Å²) < 4.78 is 52.4. The summed E-state index contributed by atoms with van der Waals surface area (Å²) in [6, 6.07) is 4.24. The van der Waals surface area contributed by atoms with Crippen molar-refractivity contribution in [3.8, 4) is 11.3 Å². The normalized spacial score (nSPS) is 17.2. The fraction of sp³-hybridized carbons (Fsp3) is 0.333. The van der Waals surface area contributed by atoms with Gasteiger partial charge in [0, 0.05) is 43.0 Å². The van der Waals surface area contributed by atoms with E-state index >= 15 is 0 Å². The largest absolute Gasteiger partial charge is 0.417 e. The predicted octanol–water partition coefficient (Wildman–Crippen LogP) is 4.42. The molecule has 10 heteroatoms. The van der Waals surface area contributed by atoms with E-state index in [1.165, 1.54) is 6.07 Å². The molecular formula is C18H17Cl2F4N3O. The number of amides is 1. The van der Waals surface area contributed by atoms with Crippen LogP contribution in [0.15, 0.2) is 30.5 Å². The lowest BCUT2D eigenvalue weighted by Gasteiger charge is -2.34. The molecule has 1 aromatic carbocycles. The molecule has 1 atom stereocenters. The van der Waals surface area contributed by atoms with Gasteiger partial charge in [0.15, 0.2) is 0 Å². The van der Waals surface area contributed by atoms with Crippen molar-refractivity contribution in [3.05, 3.63) is 52.4 Å². The number of alkyl halides is 3. The van der Waals surface area contributed by atoms with E-state index in [1.54, 1.807) is 4.90 Å².